The fourth-order valence-electron chi connectivity index (χ4n) is 4.31. The van der Waals surface area contributed by atoms with Crippen LogP contribution in [0.15, 0.2) is 48.1 Å². The summed E-state index contributed by atoms with van der Waals surface area (Å²) in [7, 11) is 0. The Hall–Kier alpha value is -0.617. The number of benzene rings is 2. The summed E-state index contributed by atoms with van der Waals surface area (Å²) in [5, 5.41) is 0. The Morgan fingerprint density at radius 2 is 1.33 bits per heavy atom. The minimum absolute atomic E-state index is 0. The van der Waals surface area contributed by atoms with Gasteiger partial charge in [-0.25, -0.2) is 6.08 Å². The molecule has 0 bridgehead atoms. The summed E-state index contributed by atoms with van der Waals surface area (Å²) in [6.07, 6.45) is 8.93. The molecule has 0 N–H and O–H groups in total. The molecule has 0 saturated heterocycles. The van der Waals surface area contributed by atoms with E-state index in [1.807, 2.05) is 0 Å². The van der Waals surface area contributed by atoms with Gasteiger partial charge in [0.2, 0.25) is 0 Å². The van der Waals surface area contributed by atoms with Crippen molar-refractivity contribution in [1.82, 2.24) is 0 Å². The second-order valence-corrected chi connectivity index (χ2v) is 13.3. The van der Waals surface area contributed by atoms with Crippen molar-refractivity contribution < 1.29 is 51.0 Å². The molecule has 2 aromatic carbocycles. The molecule has 0 radical (unpaired) electrons. The van der Waals surface area contributed by atoms with Gasteiger partial charge in [-0.2, -0.15) is 41.0 Å². The van der Waals surface area contributed by atoms with E-state index in [2.05, 4.69) is 131 Å². The molecular weight excluding hydrogens is 558 g/mol. The van der Waals surface area contributed by atoms with Gasteiger partial charge in [-0.05, 0) is 17.4 Å². The number of rotatable bonds is 1. The third-order valence-electron chi connectivity index (χ3n) is 6.90. The predicted octanol–water partition coefficient (Wildman–Crippen LogP) is 3.26. The quantitative estimate of drug-likeness (QED) is 0.376. The molecular formula is C33H44Cl2Zr. The third-order valence-corrected chi connectivity index (χ3v) is 6.90. The predicted molar refractivity (Wildman–Crippen MR) is 145 cm³/mol. The number of fused-ring (bicyclic) bond motifs is 3. The Labute approximate surface area is 253 Å². The van der Waals surface area contributed by atoms with E-state index in [-0.39, 0.29) is 67.3 Å². The van der Waals surface area contributed by atoms with Crippen LogP contribution >= 0.6 is 0 Å². The van der Waals surface area contributed by atoms with Gasteiger partial charge in [-0.3, -0.25) is 6.08 Å². The molecule has 4 rings (SSSR count). The first-order chi connectivity index (χ1) is 15.1. The largest absolute Gasteiger partial charge is 4.00 e. The molecule has 3 heteroatoms. The molecule has 194 valence electrons. The number of hydrogen-bond acceptors (Lipinski definition) is 0. The van der Waals surface area contributed by atoms with E-state index >= 15 is 0 Å². The van der Waals surface area contributed by atoms with Crippen molar-refractivity contribution in [2.24, 2.45) is 17.3 Å². The average Bonchev–Trinajstić information content (AvgIpc) is 3.31. The number of allylic oxidation sites excluding steroid dienone is 4. The first kappa shape index (κ1) is 35.4. The zero-order valence-electron chi connectivity index (χ0n) is 24.2. The third kappa shape index (κ3) is 8.45. The molecule has 0 saturated carbocycles. The van der Waals surface area contributed by atoms with Crippen molar-refractivity contribution >= 4 is 0 Å². The van der Waals surface area contributed by atoms with Crippen LogP contribution in [-0.2, 0) is 43.5 Å². The first-order valence-corrected chi connectivity index (χ1v) is 12.6. The summed E-state index contributed by atoms with van der Waals surface area (Å²) >= 11 is 0. The van der Waals surface area contributed by atoms with Gasteiger partial charge in [0.05, 0.1) is 0 Å². The maximum absolute atomic E-state index is 3.53. The summed E-state index contributed by atoms with van der Waals surface area (Å²) in [5.74, 6) is 1.22. The SMILES string of the molecule is CC(C)(C)c1c[c-]c2c(c1)-c1cc(C(C)(C)C)ccc1C2.CC(C)C1[C-]=CC(C(C)(C)C)=C1.[Cl-].[Cl-].[Zr+4]. The van der Waals surface area contributed by atoms with Crippen LogP contribution in [-0.4, -0.2) is 0 Å². The van der Waals surface area contributed by atoms with Crippen molar-refractivity contribution in [2.75, 3.05) is 0 Å². The molecule has 1 atom stereocenters. The molecule has 0 fully saturated rings. The summed E-state index contributed by atoms with van der Waals surface area (Å²) in [6.45, 7) is 24.9. The van der Waals surface area contributed by atoms with Gasteiger partial charge >= 0.3 is 26.2 Å². The van der Waals surface area contributed by atoms with E-state index in [0.717, 1.165) is 6.42 Å². The second-order valence-electron chi connectivity index (χ2n) is 13.3. The summed E-state index contributed by atoms with van der Waals surface area (Å²) in [4.78, 5) is 0. The van der Waals surface area contributed by atoms with Gasteiger partial charge in [0.1, 0.15) is 0 Å². The van der Waals surface area contributed by atoms with E-state index in [1.165, 1.54) is 39.0 Å². The molecule has 0 aromatic heterocycles. The summed E-state index contributed by atoms with van der Waals surface area (Å²) in [6, 6.07) is 15.1. The van der Waals surface area contributed by atoms with Crippen molar-refractivity contribution in [2.45, 2.75) is 93.4 Å². The standard InChI is InChI=1S/C21H25.C12H19.2ClH.Zr/c1-20(2,3)16-9-7-14-11-15-8-10-17(21(4,5)6)13-19(15)18(14)12-16;1-9(2)10-6-7-11(8-10)12(3,4)5;;;/h7,9-10,12-13H,11H2,1-6H3;7-10H,1-5H3;2*1H;/q2*-1;;;+4/p-2. The molecule has 0 nitrogen and oxygen atoms in total. The van der Waals surface area contributed by atoms with Crippen LogP contribution in [0.25, 0.3) is 11.1 Å². The normalized spacial score (nSPS) is 16.0. The topological polar surface area (TPSA) is 0 Å². The van der Waals surface area contributed by atoms with Gasteiger partial charge in [0, 0.05) is 0 Å². The smallest absolute Gasteiger partial charge is 1.00 e. The van der Waals surface area contributed by atoms with Crippen LogP contribution in [0.5, 0.6) is 0 Å². The van der Waals surface area contributed by atoms with Crippen molar-refractivity contribution in [3.05, 3.63) is 82.5 Å². The summed E-state index contributed by atoms with van der Waals surface area (Å²) in [5.41, 5.74) is 10.5. The Balaban J connectivity index is 0.000000712. The van der Waals surface area contributed by atoms with Gasteiger partial charge in [0.15, 0.2) is 0 Å². The van der Waals surface area contributed by atoms with Crippen LogP contribution in [0, 0.1) is 29.4 Å². The molecule has 2 aliphatic carbocycles. The minimum atomic E-state index is 0. The number of hydrogen-bond donors (Lipinski definition) is 0. The zero-order chi connectivity index (χ0) is 24.8. The summed E-state index contributed by atoms with van der Waals surface area (Å²) < 4.78 is 0. The maximum atomic E-state index is 3.53. The zero-order valence-corrected chi connectivity index (χ0v) is 28.1. The maximum Gasteiger partial charge on any atom is 4.00 e. The first-order valence-electron chi connectivity index (χ1n) is 12.6. The van der Waals surface area contributed by atoms with Gasteiger partial charge in [0.25, 0.3) is 0 Å². The minimum Gasteiger partial charge on any atom is -1.00 e. The Kier molecular flexibility index (Phi) is 12.7. The van der Waals surface area contributed by atoms with E-state index in [0.29, 0.717) is 11.8 Å². The van der Waals surface area contributed by atoms with Crippen molar-refractivity contribution in [3.8, 4) is 11.1 Å². The van der Waals surface area contributed by atoms with Crippen LogP contribution in [0.2, 0.25) is 0 Å². The molecule has 2 aliphatic rings. The Morgan fingerprint density at radius 3 is 1.78 bits per heavy atom. The second kappa shape index (κ2) is 13.0. The van der Waals surface area contributed by atoms with Crippen molar-refractivity contribution in [3.63, 3.8) is 0 Å². The Bertz CT molecular complexity index is 1010. The van der Waals surface area contributed by atoms with Crippen molar-refractivity contribution in [1.29, 1.82) is 0 Å². The number of halogens is 2. The van der Waals surface area contributed by atoms with E-state index < -0.39 is 0 Å². The molecule has 2 aromatic rings. The fourth-order valence-corrected chi connectivity index (χ4v) is 4.31. The van der Waals surface area contributed by atoms with Crippen LogP contribution < -0.4 is 24.8 Å². The van der Waals surface area contributed by atoms with E-state index in [4.69, 9.17) is 0 Å². The molecule has 1 unspecified atom stereocenters. The molecule has 0 heterocycles. The van der Waals surface area contributed by atoms with Crippen LogP contribution in [0.3, 0.4) is 0 Å². The molecule has 0 aliphatic heterocycles. The average molecular weight is 603 g/mol. The fraction of sp³-hybridized carbons (Fsp3) is 0.515. The molecule has 0 spiro atoms. The molecule has 0 amide bonds. The van der Waals surface area contributed by atoms with E-state index in [9.17, 15) is 0 Å². The molecule has 36 heavy (non-hydrogen) atoms. The Morgan fingerprint density at radius 1 is 0.778 bits per heavy atom. The van der Waals surface area contributed by atoms with Gasteiger partial charge < -0.3 is 24.8 Å². The van der Waals surface area contributed by atoms with Crippen LogP contribution in [0.1, 0.15) is 98.4 Å². The van der Waals surface area contributed by atoms with Crippen LogP contribution in [0.4, 0.5) is 0 Å². The van der Waals surface area contributed by atoms with Gasteiger partial charge in [-0.15, -0.1) is 5.56 Å². The van der Waals surface area contributed by atoms with Gasteiger partial charge in [-0.1, -0.05) is 128 Å². The van der Waals surface area contributed by atoms with E-state index in [1.54, 1.807) is 0 Å². The monoisotopic (exact) mass is 600 g/mol.